The predicted octanol–water partition coefficient (Wildman–Crippen LogP) is 0.154. The lowest BCUT2D eigenvalue weighted by molar-refractivity contribution is -0.102. The van der Waals surface area contributed by atoms with E-state index in [1.54, 1.807) is 0 Å². The third-order valence-electron chi connectivity index (χ3n) is 4.13. The minimum absolute atomic E-state index is 0.0278. The lowest BCUT2D eigenvalue weighted by Crippen LogP contribution is -2.34. The van der Waals surface area contributed by atoms with Crippen LogP contribution in [0.25, 0.3) is 0 Å². The van der Waals surface area contributed by atoms with Crippen molar-refractivity contribution in [1.29, 1.82) is 0 Å². The molecule has 0 spiro atoms. The summed E-state index contributed by atoms with van der Waals surface area (Å²) < 4.78 is 96.6. The Morgan fingerprint density at radius 3 is 1.68 bits per heavy atom. The maximum Gasteiger partial charge on any atom is 0.173 e. The van der Waals surface area contributed by atoms with Gasteiger partial charge in [-0.25, -0.2) is 25.3 Å². The molecule has 200 valence electrons. The van der Waals surface area contributed by atoms with Gasteiger partial charge in [0.15, 0.2) is 29.5 Å². The van der Waals surface area contributed by atoms with Crippen molar-refractivity contribution >= 4 is 29.5 Å². The fraction of sp³-hybridized carbons (Fsp3) is 0.700. The molecule has 0 aliphatic heterocycles. The molecule has 0 aromatic heterocycles. The maximum atomic E-state index is 11.7. The Morgan fingerprint density at radius 1 is 0.676 bits per heavy atom. The van der Waals surface area contributed by atoms with Crippen LogP contribution < -0.4 is 0 Å². The van der Waals surface area contributed by atoms with E-state index in [4.69, 9.17) is 23.7 Å². The summed E-state index contributed by atoms with van der Waals surface area (Å²) in [5.41, 5.74) is 0. The van der Waals surface area contributed by atoms with Gasteiger partial charge in [-0.2, -0.15) is 0 Å². The summed E-state index contributed by atoms with van der Waals surface area (Å²) in [6.07, 6.45) is 0.0386. The van der Waals surface area contributed by atoms with Crippen molar-refractivity contribution in [1.82, 2.24) is 0 Å². The highest BCUT2D eigenvalue weighted by Gasteiger charge is 2.18. The number of hydrogen-bond donors (Lipinski definition) is 0. The van der Waals surface area contributed by atoms with Crippen LogP contribution in [0, 0.1) is 0 Å². The first-order chi connectivity index (χ1) is 15.9. The third-order valence-corrected chi connectivity index (χ3v) is 8.15. The molecule has 0 saturated heterocycles. The van der Waals surface area contributed by atoms with Crippen LogP contribution in [0.15, 0.2) is 36.6 Å². The highest BCUT2D eigenvalue weighted by molar-refractivity contribution is 7.94. The molecule has 0 aliphatic carbocycles. The molecular formula is C20H36O11S3. The zero-order chi connectivity index (χ0) is 26.1. The smallest absolute Gasteiger partial charge is 0.173 e. The Balaban J connectivity index is 4.78. The second kappa shape index (κ2) is 17.3. The molecule has 0 amide bonds. The molecule has 0 fully saturated rings. The molecule has 0 N–H and O–H groups in total. The number of sulfone groups is 3. The molecule has 0 aromatic carbocycles. The lowest BCUT2D eigenvalue weighted by atomic mass is 10.3. The highest BCUT2D eigenvalue weighted by atomic mass is 32.2. The van der Waals surface area contributed by atoms with Gasteiger partial charge in [-0.3, -0.25) is 0 Å². The van der Waals surface area contributed by atoms with Gasteiger partial charge >= 0.3 is 0 Å². The van der Waals surface area contributed by atoms with Crippen molar-refractivity contribution < 1.29 is 48.9 Å². The minimum atomic E-state index is -3.46. The van der Waals surface area contributed by atoms with Crippen molar-refractivity contribution in [3.05, 3.63) is 36.6 Å². The van der Waals surface area contributed by atoms with Gasteiger partial charge in [0.2, 0.25) is 0 Å². The normalized spacial score (nSPS) is 14.4. The Kier molecular flexibility index (Phi) is 16.7. The quantitative estimate of drug-likeness (QED) is 0.127. The van der Waals surface area contributed by atoms with Crippen molar-refractivity contribution in [2.24, 2.45) is 0 Å². The number of ether oxygens (including phenoxy) is 5. The zero-order valence-electron chi connectivity index (χ0n) is 19.5. The fourth-order valence-electron chi connectivity index (χ4n) is 2.27. The van der Waals surface area contributed by atoms with Crippen molar-refractivity contribution in [3.8, 4) is 0 Å². The molecule has 0 bridgehead atoms. The Hall–Kier alpha value is -1.13. The molecule has 2 unspecified atom stereocenters. The van der Waals surface area contributed by atoms with E-state index in [0.29, 0.717) is 0 Å². The first-order valence-corrected chi connectivity index (χ1v) is 15.5. The second-order valence-corrected chi connectivity index (χ2v) is 13.4. The minimum Gasteiger partial charge on any atom is -0.382 e. The monoisotopic (exact) mass is 548 g/mol. The summed E-state index contributed by atoms with van der Waals surface area (Å²) in [6, 6.07) is 0. The summed E-state index contributed by atoms with van der Waals surface area (Å²) in [4.78, 5) is 0. The average Bonchev–Trinajstić information content (AvgIpc) is 2.77. The van der Waals surface area contributed by atoms with Gasteiger partial charge in [-0.05, 0) is 0 Å². The lowest BCUT2D eigenvalue weighted by Gasteiger charge is -2.22. The summed E-state index contributed by atoms with van der Waals surface area (Å²) in [6.45, 7) is 9.68. The Morgan fingerprint density at radius 2 is 1.18 bits per heavy atom. The van der Waals surface area contributed by atoms with Gasteiger partial charge in [-0.15, -0.1) is 6.58 Å². The molecular weight excluding hydrogens is 512 g/mol. The van der Waals surface area contributed by atoms with Crippen LogP contribution in [0.1, 0.15) is 0 Å². The predicted molar refractivity (Wildman–Crippen MR) is 130 cm³/mol. The summed E-state index contributed by atoms with van der Waals surface area (Å²) in [5, 5.41) is 1.67. The van der Waals surface area contributed by atoms with Gasteiger partial charge in [0.05, 0.1) is 69.3 Å². The first kappa shape index (κ1) is 32.9. The van der Waals surface area contributed by atoms with Crippen LogP contribution in [0.2, 0.25) is 0 Å². The van der Waals surface area contributed by atoms with E-state index in [1.807, 2.05) is 0 Å². The van der Waals surface area contributed by atoms with Crippen LogP contribution in [-0.2, 0) is 53.2 Å². The highest BCUT2D eigenvalue weighted by Crippen LogP contribution is 2.04. The largest absolute Gasteiger partial charge is 0.382 e. The molecule has 0 heterocycles. The molecule has 11 nitrogen and oxygen atoms in total. The fourth-order valence-corrected chi connectivity index (χ4v) is 4.18. The summed E-state index contributed by atoms with van der Waals surface area (Å²) in [7, 11) is -8.70. The van der Waals surface area contributed by atoms with Gasteiger partial charge in [-0.1, -0.05) is 19.2 Å². The van der Waals surface area contributed by atoms with E-state index in [0.717, 1.165) is 10.8 Å². The van der Waals surface area contributed by atoms with E-state index in [-0.39, 0.29) is 69.3 Å². The van der Waals surface area contributed by atoms with Crippen molar-refractivity contribution in [2.45, 2.75) is 12.2 Å². The molecule has 0 aliphatic rings. The number of hydrogen-bond acceptors (Lipinski definition) is 11. The van der Waals surface area contributed by atoms with Crippen molar-refractivity contribution in [3.63, 3.8) is 0 Å². The zero-order valence-corrected chi connectivity index (χ0v) is 22.0. The SMILES string of the molecule is C=CCS(=O)(=O)CCOCC(COC)OCC(COCCS(=O)(=O)C=C)OCCS(=O)(=O)C=C. The van der Waals surface area contributed by atoms with E-state index < -0.39 is 41.7 Å². The van der Waals surface area contributed by atoms with E-state index in [9.17, 15) is 25.3 Å². The number of methoxy groups -OCH3 is 1. The number of rotatable bonds is 23. The topological polar surface area (TPSA) is 149 Å². The molecule has 34 heavy (non-hydrogen) atoms. The maximum absolute atomic E-state index is 11.7. The summed E-state index contributed by atoms with van der Waals surface area (Å²) >= 11 is 0. The van der Waals surface area contributed by atoms with Crippen LogP contribution >= 0.6 is 0 Å². The molecule has 0 rings (SSSR count). The second-order valence-electron chi connectivity index (χ2n) is 7.02. The van der Waals surface area contributed by atoms with Crippen molar-refractivity contribution in [2.75, 3.05) is 76.4 Å². The van der Waals surface area contributed by atoms with E-state index in [2.05, 4.69) is 19.7 Å². The molecule has 0 aromatic rings. The molecule has 0 saturated carbocycles. The van der Waals surface area contributed by atoms with Gasteiger partial charge in [0.25, 0.3) is 0 Å². The summed E-state index contributed by atoms with van der Waals surface area (Å²) in [5.74, 6) is -0.849. The van der Waals surface area contributed by atoms with Gasteiger partial charge < -0.3 is 23.7 Å². The molecule has 2 atom stereocenters. The Bertz CT molecular complexity index is 909. The van der Waals surface area contributed by atoms with Gasteiger partial charge in [0.1, 0.15) is 12.2 Å². The standard InChI is InChI=1S/C20H36O11S3/c1-5-11-34(25,26)13-9-29-16-19(15-27-4)31-18-20(30-10-14-33(23,24)7-3)17-28-8-12-32(21,22)6-2/h5-7,19-20H,1-3,8-18H2,4H3. The molecule has 0 radical (unpaired) electrons. The van der Waals surface area contributed by atoms with Crippen LogP contribution in [-0.4, -0.2) is 114 Å². The third kappa shape index (κ3) is 17.3. The van der Waals surface area contributed by atoms with Crippen LogP contribution in [0.3, 0.4) is 0 Å². The van der Waals surface area contributed by atoms with Crippen LogP contribution in [0.4, 0.5) is 0 Å². The van der Waals surface area contributed by atoms with E-state index >= 15 is 0 Å². The Labute approximate surface area is 203 Å². The van der Waals surface area contributed by atoms with Gasteiger partial charge in [0, 0.05) is 17.9 Å². The average molecular weight is 549 g/mol. The molecule has 14 heteroatoms. The van der Waals surface area contributed by atoms with E-state index in [1.165, 1.54) is 13.2 Å². The first-order valence-electron chi connectivity index (χ1n) is 10.3. The van der Waals surface area contributed by atoms with Crippen LogP contribution in [0.5, 0.6) is 0 Å².